The molecule has 0 saturated heterocycles. The first kappa shape index (κ1) is 17.8. The number of carboxylic acids is 1. The second-order valence-corrected chi connectivity index (χ2v) is 3.07. The van der Waals surface area contributed by atoms with Gasteiger partial charge in [-0.25, -0.2) is 4.79 Å². The highest BCUT2D eigenvalue weighted by atomic mass is 16.5. The quantitative estimate of drug-likeness (QED) is 0.701. The van der Waals surface area contributed by atoms with Gasteiger partial charge in [0.2, 0.25) is 0 Å². The Balaban J connectivity index is 0. The van der Waals surface area contributed by atoms with Gasteiger partial charge in [0.25, 0.3) is 0 Å². The van der Waals surface area contributed by atoms with E-state index in [-0.39, 0.29) is 0 Å². The highest BCUT2D eigenvalue weighted by Gasteiger charge is 2.13. The van der Waals surface area contributed by atoms with Crippen molar-refractivity contribution in [2.45, 2.75) is 33.3 Å². The van der Waals surface area contributed by atoms with Crippen LogP contribution in [0.5, 0.6) is 0 Å². The summed E-state index contributed by atoms with van der Waals surface area (Å²) in [6, 6.07) is 0. The van der Waals surface area contributed by atoms with E-state index in [0.29, 0.717) is 13.0 Å². The fraction of sp³-hybridized carbons (Fsp3) is 0.462. The van der Waals surface area contributed by atoms with Gasteiger partial charge in [0, 0.05) is 12.3 Å². The first-order valence-corrected chi connectivity index (χ1v) is 5.58. The molecule has 0 amide bonds. The van der Waals surface area contributed by atoms with Gasteiger partial charge in [-0.1, -0.05) is 31.7 Å². The Bertz CT molecular complexity index is 270. The number of hydrogen-bond donors (Lipinski definition) is 2. The number of nitrogens with two attached hydrogens (primary N) is 1. The van der Waals surface area contributed by atoms with Gasteiger partial charge < -0.3 is 15.6 Å². The van der Waals surface area contributed by atoms with Crippen LogP contribution in [0.2, 0.25) is 0 Å². The summed E-state index contributed by atoms with van der Waals surface area (Å²) in [4.78, 5) is 10.2. The van der Waals surface area contributed by atoms with Crippen LogP contribution in [0.4, 0.5) is 0 Å². The van der Waals surface area contributed by atoms with Gasteiger partial charge in [-0.05, 0) is 26.3 Å². The third-order valence-electron chi connectivity index (χ3n) is 1.77. The lowest BCUT2D eigenvalue weighted by Crippen LogP contribution is -2.22. The number of carbonyl (C=O) groups is 1. The van der Waals surface area contributed by atoms with Crippen molar-refractivity contribution in [3.8, 4) is 0 Å². The molecular formula is C13H23NO3. The van der Waals surface area contributed by atoms with E-state index in [9.17, 15) is 4.79 Å². The van der Waals surface area contributed by atoms with Crippen LogP contribution in [0, 0.1) is 0 Å². The molecule has 0 aliphatic rings. The second kappa shape index (κ2) is 12.5. The van der Waals surface area contributed by atoms with Crippen molar-refractivity contribution in [1.29, 1.82) is 0 Å². The summed E-state index contributed by atoms with van der Waals surface area (Å²) in [5.41, 5.74) is 6.15. The van der Waals surface area contributed by atoms with Crippen molar-refractivity contribution in [2.24, 2.45) is 5.73 Å². The summed E-state index contributed by atoms with van der Waals surface area (Å²) >= 11 is 0. The minimum atomic E-state index is -0.876. The molecule has 0 heterocycles. The van der Waals surface area contributed by atoms with Crippen molar-refractivity contribution in [1.82, 2.24) is 0 Å². The summed E-state index contributed by atoms with van der Waals surface area (Å²) in [6.45, 7) is 9.42. The lowest BCUT2D eigenvalue weighted by Gasteiger charge is -2.07. The molecule has 17 heavy (non-hydrogen) atoms. The maximum Gasteiger partial charge on any atom is 0.332 e. The van der Waals surface area contributed by atoms with Crippen LogP contribution in [0.25, 0.3) is 0 Å². The Morgan fingerprint density at radius 1 is 1.53 bits per heavy atom. The lowest BCUT2D eigenvalue weighted by atomic mass is 10.3. The molecule has 0 rings (SSSR count). The summed E-state index contributed by atoms with van der Waals surface area (Å²) in [7, 11) is 0. The summed E-state index contributed by atoms with van der Waals surface area (Å²) in [5.74, 6) is -0.876. The average molecular weight is 241 g/mol. The molecule has 0 aromatic carbocycles. The van der Waals surface area contributed by atoms with Gasteiger partial charge in [-0.3, -0.25) is 0 Å². The molecule has 0 aliphatic heterocycles. The molecular weight excluding hydrogens is 218 g/mol. The van der Waals surface area contributed by atoms with Crippen LogP contribution in [0.3, 0.4) is 0 Å². The van der Waals surface area contributed by atoms with Gasteiger partial charge in [0.15, 0.2) is 6.10 Å². The van der Waals surface area contributed by atoms with Gasteiger partial charge >= 0.3 is 5.97 Å². The molecule has 0 spiro atoms. The summed E-state index contributed by atoms with van der Waals surface area (Å²) < 4.78 is 4.85. The van der Waals surface area contributed by atoms with Gasteiger partial charge in [-0.2, -0.15) is 0 Å². The Labute approximate surface area is 103 Å². The zero-order valence-corrected chi connectivity index (χ0v) is 10.8. The normalized spacial score (nSPS) is 12.8. The fourth-order valence-corrected chi connectivity index (χ4v) is 0.840. The average Bonchev–Trinajstić information content (AvgIpc) is 2.33. The van der Waals surface area contributed by atoms with Crippen molar-refractivity contribution >= 4 is 5.97 Å². The standard InChI is InChI=1S/C7H11N.C6H12O3/c1-3-5-6-7(8)4-2;1-3-5(6(7)8)9-4-2/h3-6H,1,8H2,2H3;5H,3-4H2,1-2H3,(H,7,8)/b6-5-,7-4+;. The minimum absolute atomic E-state index is 0.463. The highest BCUT2D eigenvalue weighted by Crippen LogP contribution is 1.96. The van der Waals surface area contributed by atoms with Gasteiger partial charge in [0.05, 0.1) is 0 Å². The van der Waals surface area contributed by atoms with E-state index in [1.54, 1.807) is 32.1 Å². The molecule has 0 saturated carbocycles. The van der Waals surface area contributed by atoms with Crippen LogP contribution in [0.1, 0.15) is 27.2 Å². The first-order valence-electron chi connectivity index (χ1n) is 5.58. The molecule has 0 aromatic heterocycles. The third kappa shape index (κ3) is 12.4. The Morgan fingerprint density at radius 2 is 2.12 bits per heavy atom. The zero-order chi connectivity index (χ0) is 13.7. The molecule has 0 aromatic rings. The van der Waals surface area contributed by atoms with Crippen molar-refractivity contribution in [3.05, 3.63) is 36.6 Å². The Kier molecular flexibility index (Phi) is 13.1. The predicted molar refractivity (Wildman–Crippen MR) is 70.6 cm³/mol. The van der Waals surface area contributed by atoms with Gasteiger partial charge in [-0.15, -0.1) is 0 Å². The first-order chi connectivity index (χ1) is 8.03. The Morgan fingerprint density at radius 3 is 2.35 bits per heavy atom. The fourth-order valence-electron chi connectivity index (χ4n) is 0.840. The molecule has 0 radical (unpaired) electrons. The minimum Gasteiger partial charge on any atom is -0.479 e. The largest absolute Gasteiger partial charge is 0.479 e. The highest BCUT2D eigenvalue weighted by molar-refractivity contribution is 5.72. The molecule has 0 aliphatic carbocycles. The SMILES string of the molecule is C=C/C=C\C(N)=C/C.CCOC(CC)C(=O)O. The van der Waals surface area contributed by atoms with E-state index < -0.39 is 12.1 Å². The number of aliphatic carboxylic acids is 1. The number of ether oxygens (including phenoxy) is 1. The molecule has 1 unspecified atom stereocenters. The van der Waals surface area contributed by atoms with E-state index in [0.717, 1.165) is 5.70 Å². The molecule has 1 atom stereocenters. The summed E-state index contributed by atoms with van der Waals surface area (Å²) in [5, 5.41) is 8.38. The second-order valence-electron chi connectivity index (χ2n) is 3.07. The van der Waals surface area contributed by atoms with Gasteiger partial charge in [0.1, 0.15) is 0 Å². The number of hydrogen-bond acceptors (Lipinski definition) is 3. The van der Waals surface area contributed by atoms with Crippen LogP contribution >= 0.6 is 0 Å². The Hall–Kier alpha value is -1.55. The molecule has 4 nitrogen and oxygen atoms in total. The zero-order valence-electron chi connectivity index (χ0n) is 10.8. The molecule has 98 valence electrons. The van der Waals surface area contributed by atoms with Crippen LogP contribution in [-0.2, 0) is 9.53 Å². The third-order valence-corrected chi connectivity index (χ3v) is 1.77. The van der Waals surface area contributed by atoms with E-state index >= 15 is 0 Å². The molecule has 3 N–H and O–H groups in total. The molecule has 0 fully saturated rings. The monoisotopic (exact) mass is 241 g/mol. The van der Waals surface area contributed by atoms with E-state index in [2.05, 4.69) is 6.58 Å². The topological polar surface area (TPSA) is 72.5 Å². The van der Waals surface area contributed by atoms with E-state index in [1.807, 2.05) is 13.0 Å². The maximum absolute atomic E-state index is 10.2. The van der Waals surface area contributed by atoms with E-state index in [1.165, 1.54) is 0 Å². The summed E-state index contributed by atoms with van der Waals surface area (Å²) in [6.07, 6.45) is 7.04. The molecule has 4 heteroatoms. The van der Waals surface area contributed by atoms with Crippen LogP contribution < -0.4 is 5.73 Å². The van der Waals surface area contributed by atoms with E-state index in [4.69, 9.17) is 15.6 Å². The number of rotatable bonds is 6. The predicted octanol–water partition coefficient (Wildman–Crippen LogP) is 2.48. The van der Waals surface area contributed by atoms with Crippen molar-refractivity contribution < 1.29 is 14.6 Å². The molecule has 0 bridgehead atoms. The maximum atomic E-state index is 10.2. The van der Waals surface area contributed by atoms with Crippen LogP contribution in [0.15, 0.2) is 36.6 Å². The van der Waals surface area contributed by atoms with Crippen molar-refractivity contribution in [2.75, 3.05) is 6.61 Å². The lowest BCUT2D eigenvalue weighted by molar-refractivity contribution is -0.150. The number of carboxylic acid groups (broad SMARTS) is 1. The van der Waals surface area contributed by atoms with Crippen molar-refractivity contribution in [3.63, 3.8) is 0 Å². The number of allylic oxidation sites excluding steroid dienone is 4. The smallest absolute Gasteiger partial charge is 0.332 e. The van der Waals surface area contributed by atoms with Crippen LogP contribution in [-0.4, -0.2) is 23.8 Å².